The molecule has 2 atom stereocenters. The van der Waals surface area contributed by atoms with Gasteiger partial charge in [0.25, 0.3) is 5.91 Å². The molecular weight excluding hydrogens is 647 g/mol. The number of hydrogen-bond acceptors (Lipinski definition) is 5. The summed E-state index contributed by atoms with van der Waals surface area (Å²) in [6.07, 6.45) is -1.39. The zero-order chi connectivity index (χ0) is 29.6. The Balaban J connectivity index is 1.18. The zero-order valence-corrected chi connectivity index (χ0v) is 24.9. The first-order valence-corrected chi connectivity index (χ1v) is 14.5. The maximum atomic E-state index is 12.9. The second-order valence-corrected chi connectivity index (χ2v) is 11.1. The largest absolute Gasteiger partial charge is 0.480 e. The topological polar surface area (TPSA) is 114 Å². The Morgan fingerprint density at radius 2 is 1.50 bits per heavy atom. The van der Waals surface area contributed by atoms with Crippen LogP contribution in [0.25, 0.3) is 11.1 Å². The smallest absolute Gasteiger partial charge is 0.411 e. The molecule has 5 rings (SSSR count). The fourth-order valence-corrected chi connectivity index (χ4v) is 5.65. The van der Waals surface area contributed by atoms with Crippen molar-refractivity contribution in [3.05, 3.63) is 123 Å². The van der Waals surface area contributed by atoms with Gasteiger partial charge in [0.15, 0.2) is 6.04 Å². The van der Waals surface area contributed by atoms with Gasteiger partial charge in [-0.1, -0.05) is 78.9 Å². The molecule has 9 heteroatoms. The average Bonchev–Trinajstić information content (AvgIpc) is 3.32. The second kappa shape index (κ2) is 13.2. The number of carboxylic acid groups (broad SMARTS) is 1. The predicted octanol–water partition coefficient (Wildman–Crippen LogP) is 6.44. The second-order valence-electron chi connectivity index (χ2n) is 9.94. The molecule has 214 valence electrons. The maximum absolute atomic E-state index is 12.9. The summed E-state index contributed by atoms with van der Waals surface area (Å²) in [6, 6.07) is 29.0. The molecule has 0 aromatic heterocycles. The van der Waals surface area contributed by atoms with E-state index >= 15 is 0 Å². The summed E-state index contributed by atoms with van der Waals surface area (Å²) in [7, 11) is 0. The van der Waals surface area contributed by atoms with Gasteiger partial charge in [-0.15, -0.1) is 0 Å². The van der Waals surface area contributed by atoms with Crippen LogP contribution in [-0.4, -0.2) is 41.8 Å². The Kier molecular flexibility index (Phi) is 9.19. The molecule has 0 spiro atoms. The van der Waals surface area contributed by atoms with E-state index in [0.717, 1.165) is 27.8 Å². The van der Waals surface area contributed by atoms with Gasteiger partial charge in [-0.3, -0.25) is 10.1 Å². The van der Waals surface area contributed by atoms with E-state index in [2.05, 4.69) is 34.9 Å². The van der Waals surface area contributed by atoms with Crippen molar-refractivity contribution < 1.29 is 29.0 Å². The lowest BCUT2D eigenvalue weighted by molar-refractivity contribution is -0.143. The summed E-state index contributed by atoms with van der Waals surface area (Å²) in [5, 5.41) is 15.0. The Labute approximate surface area is 257 Å². The zero-order valence-electron chi connectivity index (χ0n) is 22.8. The number of carbonyl (C=O) groups excluding carboxylic acids is 2. The van der Waals surface area contributed by atoms with Crippen LogP contribution in [0.4, 0.5) is 10.5 Å². The third-order valence-corrected chi connectivity index (χ3v) is 8.08. The molecule has 4 aromatic rings. The first-order valence-electron chi connectivity index (χ1n) is 13.4. The van der Waals surface area contributed by atoms with Gasteiger partial charge in [-0.2, -0.15) is 0 Å². The third-order valence-electron chi connectivity index (χ3n) is 7.19. The van der Waals surface area contributed by atoms with Crippen molar-refractivity contribution >= 4 is 46.2 Å². The molecule has 0 bridgehead atoms. The number of amides is 2. The Morgan fingerprint density at radius 1 is 0.881 bits per heavy atom. The lowest BCUT2D eigenvalue weighted by atomic mass is 9.98. The van der Waals surface area contributed by atoms with Gasteiger partial charge in [-0.25, -0.2) is 9.59 Å². The highest BCUT2D eigenvalue weighted by atomic mass is 127. The van der Waals surface area contributed by atoms with Gasteiger partial charge in [0.05, 0.1) is 18.4 Å². The van der Waals surface area contributed by atoms with E-state index in [4.69, 9.17) is 9.47 Å². The lowest BCUT2D eigenvalue weighted by Crippen LogP contribution is -2.48. The first-order chi connectivity index (χ1) is 20.3. The monoisotopic (exact) mass is 676 g/mol. The number of hydrogen-bond donors (Lipinski definition) is 3. The molecule has 3 N–H and O–H groups in total. The molecule has 1 aliphatic carbocycles. The van der Waals surface area contributed by atoms with Gasteiger partial charge in [0.1, 0.15) is 6.61 Å². The summed E-state index contributed by atoms with van der Waals surface area (Å²) in [4.78, 5) is 37.6. The molecule has 0 heterocycles. The molecule has 0 aliphatic heterocycles. The fourth-order valence-electron chi connectivity index (χ4n) is 5.00. The molecule has 4 aromatic carbocycles. The Bertz CT molecular complexity index is 1560. The van der Waals surface area contributed by atoms with Crippen LogP contribution in [0.1, 0.15) is 39.9 Å². The average molecular weight is 677 g/mol. The van der Waals surface area contributed by atoms with E-state index < -0.39 is 30.1 Å². The standard InChI is InChI=1S/C33H29IN2O6/c1-20(41-18-21-9-3-2-4-10-21)30(32(38)39)36-31(37)22-15-16-29(28(34)17-22)35-33(40)42-19-27-25-13-7-5-11-23(25)24-12-6-8-14-26(24)27/h2-17,20,27,30H,18-19H2,1H3,(H,35,40)(H,36,37)(H,38,39)/t20-,30+/m1/s1. The van der Waals surface area contributed by atoms with Gasteiger partial charge in [0.2, 0.25) is 0 Å². The molecular formula is C33H29IN2O6. The fraction of sp³-hybridized carbons (Fsp3) is 0.182. The van der Waals surface area contributed by atoms with E-state index in [1.807, 2.05) is 77.2 Å². The highest BCUT2D eigenvalue weighted by Gasteiger charge is 2.30. The Morgan fingerprint density at radius 3 is 2.12 bits per heavy atom. The first kappa shape index (κ1) is 29.3. The minimum Gasteiger partial charge on any atom is -0.480 e. The highest BCUT2D eigenvalue weighted by Crippen LogP contribution is 2.44. The van der Waals surface area contributed by atoms with Crippen LogP contribution < -0.4 is 10.6 Å². The molecule has 8 nitrogen and oxygen atoms in total. The van der Waals surface area contributed by atoms with Crippen molar-refractivity contribution in [2.24, 2.45) is 0 Å². The van der Waals surface area contributed by atoms with E-state index in [-0.39, 0.29) is 24.7 Å². The van der Waals surface area contributed by atoms with Gasteiger partial charge < -0.3 is 19.9 Å². The van der Waals surface area contributed by atoms with Gasteiger partial charge >= 0.3 is 12.1 Å². The quantitative estimate of drug-likeness (QED) is 0.167. The number of halogens is 1. The van der Waals surface area contributed by atoms with Crippen molar-refractivity contribution in [3.63, 3.8) is 0 Å². The molecule has 42 heavy (non-hydrogen) atoms. The van der Waals surface area contributed by atoms with Crippen molar-refractivity contribution in [2.75, 3.05) is 11.9 Å². The minimum absolute atomic E-state index is 0.0606. The summed E-state index contributed by atoms with van der Waals surface area (Å²) >= 11 is 2.01. The van der Waals surface area contributed by atoms with Gasteiger partial charge in [-0.05, 0) is 75.5 Å². The number of anilines is 1. The minimum atomic E-state index is -1.25. The highest BCUT2D eigenvalue weighted by molar-refractivity contribution is 14.1. The third kappa shape index (κ3) is 6.63. The number of ether oxygens (including phenoxy) is 2. The van der Waals surface area contributed by atoms with Gasteiger partial charge in [0, 0.05) is 15.1 Å². The van der Waals surface area contributed by atoms with Crippen molar-refractivity contribution in [1.29, 1.82) is 0 Å². The molecule has 0 unspecified atom stereocenters. The van der Waals surface area contributed by atoms with Crippen molar-refractivity contribution in [2.45, 2.75) is 31.6 Å². The summed E-state index contributed by atoms with van der Waals surface area (Å²) in [5.74, 6) is -1.83. The number of benzene rings is 4. The molecule has 0 saturated carbocycles. The number of fused-ring (bicyclic) bond motifs is 3. The van der Waals surface area contributed by atoms with Crippen LogP contribution in [0.2, 0.25) is 0 Å². The SMILES string of the molecule is C[C@@H](OCc1ccccc1)[C@H](NC(=O)c1ccc(NC(=O)OCC2c3ccccc3-c3ccccc32)c(I)c1)C(=O)O. The van der Waals surface area contributed by atoms with Crippen LogP contribution in [0.5, 0.6) is 0 Å². The number of rotatable bonds is 10. The normalized spacial score (nSPS) is 13.4. The van der Waals surface area contributed by atoms with E-state index in [1.165, 1.54) is 6.07 Å². The Hall–Kier alpha value is -4.22. The number of aliphatic carboxylic acids is 1. The number of carbonyl (C=O) groups is 3. The van der Waals surface area contributed by atoms with E-state index in [0.29, 0.717) is 9.26 Å². The molecule has 1 aliphatic rings. The van der Waals surface area contributed by atoms with E-state index in [1.54, 1.807) is 19.1 Å². The summed E-state index contributed by atoms with van der Waals surface area (Å²) in [5.41, 5.74) is 6.15. The molecule has 0 saturated heterocycles. The van der Waals surface area contributed by atoms with E-state index in [9.17, 15) is 19.5 Å². The maximum Gasteiger partial charge on any atom is 0.411 e. The van der Waals surface area contributed by atoms with Crippen molar-refractivity contribution in [3.8, 4) is 11.1 Å². The van der Waals surface area contributed by atoms with Crippen LogP contribution in [-0.2, 0) is 20.9 Å². The van der Waals surface area contributed by atoms with Crippen molar-refractivity contribution in [1.82, 2.24) is 5.32 Å². The summed E-state index contributed by atoms with van der Waals surface area (Å²) < 4.78 is 11.9. The predicted molar refractivity (Wildman–Crippen MR) is 167 cm³/mol. The molecule has 0 radical (unpaired) electrons. The van der Waals surface area contributed by atoms with Crippen LogP contribution in [0, 0.1) is 3.57 Å². The van der Waals surface area contributed by atoms with Crippen LogP contribution in [0.3, 0.4) is 0 Å². The van der Waals surface area contributed by atoms with Crippen LogP contribution in [0.15, 0.2) is 97.1 Å². The lowest BCUT2D eigenvalue weighted by Gasteiger charge is -2.22. The number of carboxylic acids is 1. The van der Waals surface area contributed by atoms with Crippen LogP contribution >= 0.6 is 22.6 Å². The number of nitrogens with one attached hydrogen (secondary N) is 2. The molecule has 0 fully saturated rings. The molecule has 2 amide bonds. The summed E-state index contributed by atoms with van der Waals surface area (Å²) in [6.45, 7) is 2.00.